The average molecular weight is 757 g/mol. The van der Waals surface area contributed by atoms with E-state index in [4.69, 9.17) is 0 Å². The Balaban J connectivity index is 7.35. The summed E-state index contributed by atoms with van der Waals surface area (Å²) in [6, 6.07) is 0. The van der Waals surface area contributed by atoms with Crippen LogP contribution in [-0.4, -0.2) is 0 Å². The molecule has 5 unspecified atom stereocenters. The lowest BCUT2D eigenvalue weighted by atomic mass is 9.69. The first-order valence-electron chi connectivity index (χ1n) is 24.4. The predicted molar refractivity (Wildman–Crippen MR) is 255 cm³/mol. The van der Waals surface area contributed by atoms with Crippen LogP contribution in [-0.2, 0) is 0 Å². The third-order valence-electron chi connectivity index (χ3n) is 11.1. The van der Waals surface area contributed by atoms with E-state index in [1.807, 2.05) is 0 Å². The van der Waals surface area contributed by atoms with E-state index in [0.717, 1.165) is 6.42 Å². The molecule has 0 heterocycles. The molecule has 0 N–H and O–H groups in total. The van der Waals surface area contributed by atoms with Gasteiger partial charge in [-0.1, -0.05) is 241 Å². The van der Waals surface area contributed by atoms with Crippen LogP contribution in [0.4, 0.5) is 0 Å². The molecule has 0 aromatic heterocycles. The van der Waals surface area contributed by atoms with Crippen molar-refractivity contribution in [3.8, 4) is 0 Å². The van der Waals surface area contributed by atoms with Crippen LogP contribution in [0, 0.1) is 29.6 Å². The van der Waals surface area contributed by atoms with Crippen molar-refractivity contribution in [1.29, 1.82) is 0 Å². The monoisotopic (exact) mass is 757 g/mol. The second kappa shape index (κ2) is 43.1. The van der Waals surface area contributed by atoms with Gasteiger partial charge >= 0.3 is 0 Å². The summed E-state index contributed by atoms with van der Waals surface area (Å²) in [4.78, 5) is 0. The largest absolute Gasteiger partial charge is 0.0910 e. The van der Waals surface area contributed by atoms with Gasteiger partial charge in [-0.15, -0.1) is 0 Å². The van der Waals surface area contributed by atoms with Crippen molar-refractivity contribution < 1.29 is 0 Å². The number of allylic oxidation sites excluding steroid dienone is 16. The van der Waals surface area contributed by atoms with Gasteiger partial charge in [0.25, 0.3) is 0 Å². The molecule has 0 aromatic rings. The summed E-state index contributed by atoms with van der Waals surface area (Å²) in [6.07, 6.45) is 75.1. The molecular formula is C55H96. The molecule has 55 heavy (non-hydrogen) atoms. The normalized spacial score (nSPS) is 15.8. The van der Waals surface area contributed by atoms with Gasteiger partial charge in [0.05, 0.1) is 0 Å². The van der Waals surface area contributed by atoms with E-state index in [0.29, 0.717) is 29.6 Å². The van der Waals surface area contributed by atoms with E-state index in [9.17, 15) is 0 Å². The SMILES string of the molecule is CC=CC(C=CCCCCCC)C(C=CCCCCCC)C(C=CCCCCCC)C(C=CCCCCCC)C(C=CC=CCCC)C=CCCCCCC. The van der Waals surface area contributed by atoms with E-state index in [1.54, 1.807) is 0 Å². The second-order valence-electron chi connectivity index (χ2n) is 16.4. The van der Waals surface area contributed by atoms with Crippen molar-refractivity contribution in [2.75, 3.05) is 0 Å². The molecule has 0 aromatic carbocycles. The maximum absolute atomic E-state index is 2.69. The Hall–Kier alpha value is -2.08. The molecule has 0 aliphatic rings. The van der Waals surface area contributed by atoms with Crippen LogP contribution in [0.5, 0.6) is 0 Å². The highest BCUT2D eigenvalue weighted by Crippen LogP contribution is 2.39. The average Bonchev–Trinajstić information content (AvgIpc) is 3.19. The molecule has 0 bridgehead atoms. The summed E-state index contributed by atoms with van der Waals surface area (Å²) in [5.74, 6) is 1.92. The predicted octanol–water partition coefficient (Wildman–Crippen LogP) is 19.2. The molecule has 0 saturated carbocycles. The van der Waals surface area contributed by atoms with Gasteiger partial charge in [0.2, 0.25) is 0 Å². The maximum Gasteiger partial charge on any atom is 0.00184 e. The van der Waals surface area contributed by atoms with Crippen LogP contribution in [0.3, 0.4) is 0 Å². The summed E-state index contributed by atoms with van der Waals surface area (Å²) >= 11 is 0. The van der Waals surface area contributed by atoms with Gasteiger partial charge in [0.15, 0.2) is 0 Å². The minimum absolute atomic E-state index is 0.351. The van der Waals surface area contributed by atoms with E-state index in [2.05, 4.69) is 146 Å². The standard InChI is InChI=1S/C55H96/c1-8-15-21-27-33-39-45-51(44-14-7)53(48-41-35-29-23-17-10-3)55(50-43-37-31-25-19-12-5)54(49-42-36-30-24-18-11-4)52(46-38-32-26-20-13-6)47-40-34-28-22-16-9-2/h14,26,32,38-55H,8-13,15-25,27-31,33-37H2,1-7H3. The summed E-state index contributed by atoms with van der Waals surface area (Å²) in [5.41, 5.74) is 0. The fourth-order valence-electron chi connectivity index (χ4n) is 7.65. The lowest BCUT2D eigenvalue weighted by Gasteiger charge is -2.35. The van der Waals surface area contributed by atoms with Crippen LogP contribution in [0.25, 0.3) is 0 Å². The molecule has 316 valence electrons. The molecule has 0 radical (unpaired) electrons. The Morgan fingerprint density at radius 2 is 0.618 bits per heavy atom. The molecule has 0 nitrogen and oxygen atoms in total. The third kappa shape index (κ3) is 31.7. The highest BCUT2D eigenvalue weighted by atomic mass is 14.3. The van der Waals surface area contributed by atoms with Crippen molar-refractivity contribution in [2.45, 2.75) is 222 Å². The van der Waals surface area contributed by atoms with Crippen LogP contribution < -0.4 is 0 Å². The topological polar surface area (TPSA) is 0 Å². The summed E-state index contributed by atoms with van der Waals surface area (Å²) in [7, 11) is 0. The highest BCUT2D eigenvalue weighted by molar-refractivity contribution is 5.20. The Bertz CT molecular complexity index is 1010. The zero-order valence-electron chi connectivity index (χ0n) is 38.2. The number of hydrogen-bond donors (Lipinski definition) is 0. The zero-order chi connectivity index (χ0) is 40.3. The Morgan fingerprint density at radius 1 is 0.273 bits per heavy atom. The van der Waals surface area contributed by atoms with Crippen LogP contribution in [0.1, 0.15) is 222 Å². The Labute approximate surface area is 347 Å². The molecule has 0 spiro atoms. The molecule has 0 aliphatic carbocycles. The molecule has 0 heteroatoms. The number of unbranched alkanes of at least 4 members (excludes halogenated alkanes) is 21. The summed E-state index contributed by atoms with van der Waals surface area (Å²) in [5, 5.41) is 0. The fourth-order valence-corrected chi connectivity index (χ4v) is 7.65. The van der Waals surface area contributed by atoms with Crippen LogP contribution in [0.15, 0.2) is 97.2 Å². The molecule has 0 amide bonds. The number of rotatable bonds is 39. The number of hydrogen-bond acceptors (Lipinski definition) is 0. The molecule has 5 atom stereocenters. The summed E-state index contributed by atoms with van der Waals surface area (Å²) in [6.45, 7) is 16.1. The van der Waals surface area contributed by atoms with Gasteiger partial charge in [0, 0.05) is 11.8 Å². The zero-order valence-corrected chi connectivity index (χ0v) is 38.2. The lowest BCUT2D eigenvalue weighted by Crippen LogP contribution is -2.28. The van der Waals surface area contributed by atoms with Crippen molar-refractivity contribution in [2.24, 2.45) is 29.6 Å². The molecular weight excluding hydrogens is 661 g/mol. The van der Waals surface area contributed by atoms with Gasteiger partial charge in [0.1, 0.15) is 0 Å². The minimum Gasteiger partial charge on any atom is -0.0910 e. The van der Waals surface area contributed by atoms with Gasteiger partial charge in [-0.05, 0) is 95.3 Å². The second-order valence-corrected chi connectivity index (χ2v) is 16.4. The van der Waals surface area contributed by atoms with Crippen molar-refractivity contribution in [1.82, 2.24) is 0 Å². The van der Waals surface area contributed by atoms with Gasteiger partial charge < -0.3 is 0 Å². The highest BCUT2D eigenvalue weighted by Gasteiger charge is 2.31. The van der Waals surface area contributed by atoms with Gasteiger partial charge in [-0.2, -0.15) is 0 Å². The van der Waals surface area contributed by atoms with E-state index in [1.165, 1.54) is 167 Å². The third-order valence-corrected chi connectivity index (χ3v) is 11.1. The van der Waals surface area contributed by atoms with Crippen molar-refractivity contribution >= 4 is 0 Å². The van der Waals surface area contributed by atoms with E-state index >= 15 is 0 Å². The van der Waals surface area contributed by atoms with Crippen molar-refractivity contribution in [3.05, 3.63) is 97.2 Å². The molecule has 0 aliphatic heterocycles. The quantitative estimate of drug-likeness (QED) is 0.0333. The first kappa shape index (κ1) is 52.9. The smallest absolute Gasteiger partial charge is 0.00184 e. The van der Waals surface area contributed by atoms with Gasteiger partial charge in [-0.3, -0.25) is 0 Å². The first-order valence-corrected chi connectivity index (χ1v) is 24.4. The molecule has 0 saturated heterocycles. The molecule has 0 fully saturated rings. The van der Waals surface area contributed by atoms with Crippen LogP contribution >= 0.6 is 0 Å². The maximum atomic E-state index is 2.69. The van der Waals surface area contributed by atoms with Crippen molar-refractivity contribution in [3.63, 3.8) is 0 Å². The fraction of sp³-hybridized carbons (Fsp3) is 0.709. The molecule has 0 rings (SSSR count). The summed E-state index contributed by atoms with van der Waals surface area (Å²) < 4.78 is 0. The van der Waals surface area contributed by atoms with E-state index < -0.39 is 0 Å². The Kier molecular flexibility index (Phi) is 41.4. The lowest BCUT2D eigenvalue weighted by molar-refractivity contribution is 0.307. The minimum atomic E-state index is 0.351. The van der Waals surface area contributed by atoms with Gasteiger partial charge in [-0.25, -0.2) is 0 Å². The first-order chi connectivity index (χ1) is 27.1. The van der Waals surface area contributed by atoms with Crippen LogP contribution in [0.2, 0.25) is 0 Å². The van der Waals surface area contributed by atoms with E-state index in [-0.39, 0.29) is 0 Å². The Morgan fingerprint density at radius 3 is 0.964 bits per heavy atom.